The summed E-state index contributed by atoms with van der Waals surface area (Å²) in [6.07, 6.45) is 1.43. The predicted octanol–water partition coefficient (Wildman–Crippen LogP) is 4.06. The topological polar surface area (TPSA) is 35.6 Å². The summed E-state index contributed by atoms with van der Waals surface area (Å²) >= 11 is 1.74. The van der Waals surface area contributed by atoms with Gasteiger partial charge in [-0.1, -0.05) is 13.0 Å². The van der Waals surface area contributed by atoms with Crippen LogP contribution >= 0.6 is 11.3 Å². The van der Waals surface area contributed by atoms with E-state index in [-0.39, 0.29) is 23.8 Å². The number of piperazine rings is 1. The van der Waals surface area contributed by atoms with Crippen molar-refractivity contribution in [1.29, 1.82) is 0 Å². The Kier molecular flexibility index (Phi) is 6.85. The Morgan fingerprint density at radius 3 is 2.48 bits per heavy atom. The van der Waals surface area contributed by atoms with E-state index in [0.717, 1.165) is 38.3 Å². The summed E-state index contributed by atoms with van der Waals surface area (Å²) in [4.78, 5) is 18.2. The minimum atomic E-state index is -0.202. The Balaban J connectivity index is 1.67. The van der Waals surface area contributed by atoms with Crippen molar-refractivity contribution in [3.63, 3.8) is 0 Å². The molecule has 2 aromatic rings. The maximum atomic E-state index is 13.2. The monoisotopic (exact) mass is 389 g/mol. The zero-order valence-electron chi connectivity index (χ0n) is 16.0. The number of carbonyl (C=O) groups is 1. The van der Waals surface area contributed by atoms with Crippen LogP contribution in [0.5, 0.6) is 0 Å². The zero-order chi connectivity index (χ0) is 19.2. The van der Waals surface area contributed by atoms with Crippen molar-refractivity contribution < 1.29 is 9.18 Å². The smallest absolute Gasteiger partial charge is 0.220 e. The van der Waals surface area contributed by atoms with Crippen molar-refractivity contribution in [2.24, 2.45) is 0 Å². The second kappa shape index (κ2) is 9.33. The molecule has 1 saturated heterocycles. The van der Waals surface area contributed by atoms with Crippen LogP contribution in [0.3, 0.4) is 0 Å². The third-order valence-corrected chi connectivity index (χ3v) is 6.02. The fourth-order valence-corrected chi connectivity index (χ4v) is 4.71. The number of carbonyl (C=O) groups excluding carboxylic acids is 1. The van der Waals surface area contributed by atoms with E-state index in [2.05, 4.69) is 39.6 Å². The Bertz CT molecular complexity index is 712. The van der Waals surface area contributed by atoms with Crippen molar-refractivity contribution in [3.8, 4) is 0 Å². The SMILES string of the molecule is CCCC(=O)NC(C)C(c1cccs1)N1CCN(c2ccc(F)cc2)CC1. The molecule has 1 fully saturated rings. The number of nitrogens with zero attached hydrogens (tertiary/aromatic N) is 2. The van der Waals surface area contributed by atoms with Crippen molar-refractivity contribution in [2.75, 3.05) is 31.1 Å². The molecule has 0 spiro atoms. The first kappa shape index (κ1) is 19.8. The first-order valence-corrected chi connectivity index (χ1v) is 10.5. The van der Waals surface area contributed by atoms with Crippen LogP contribution in [-0.4, -0.2) is 43.0 Å². The Labute approximate surface area is 165 Å². The van der Waals surface area contributed by atoms with E-state index in [1.165, 1.54) is 17.0 Å². The van der Waals surface area contributed by atoms with E-state index in [4.69, 9.17) is 0 Å². The number of nitrogens with one attached hydrogen (secondary N) is 1. The molecule has 1 aliphatic rings. The van der Waals surface area contributed by atoms with Crippen molar-refractivity contribution in [2.45, 2.75) is 38.8 Å². The number of benzene rings is 1. The number of anilines is 1. The molecule has 27 heavy (non-hydrogen) atoms. The summed E-state index contributed by atoms with van der Waals surface area (Å²) in [7, 11) is 0. The van der Waals surface area contributed by atoms with Gasteiger partial charge in [0.2, 0.25) is 5.91 Å². The highest BCUT2D eigenvalue weighted by atomic mass is 32.1. The van der Waals surface area contributed by atoms with E-state index in [1.807, 2.05) is 19.1 Å². The second-order valence-corrected chi connectivity index (χ2v) is 8.05. The molecule has 0 aliphatic carbocycles. The fraction of sp³-hybridized carbons (Fsp3) is 0.476. The van der Waals surface area contributed by atoms with Gasteiger partial charge in [0.25, 0.3) is 0 Å². The van der Waals surface area contributed by atoms with Crippen LogP contribution < -0.4 is 10.2 Å². The normalized spacial score (nSPS) is 17.5. The minimum absolute atomic E-state index is 0.0556. The highest BCUT2D eigenvalue weighted by Crippen LogP contribution is 2.30. The van der Waals surface area contributed by atoms with Crippen LogP contribution in [0.2, 0.25) is 0 Å². The number of halogens is 1. The van der Waals surface area contributed by atoms with Crippen LogP contribution in [-0.2, 0) is 4.79 Å². The summed E-state index contributed by atoms with van der Waals surface area (Å²) in [6.45, 7) is 7.73. The molecular weight excluding hydrogens is 361 g/mol. The van der Waals surface area contributed by atoms with Gasteiger partial charge in [0.1, 0.15) is 5.82 Å². The van der Waals surface area contributed by atoms with Crippen LogP contribution in [0.4, 0.5) is 10.1 Å². The molecule has 4 nitrogen and oxygen atoms in total. The molecule has 146 valence electrons. The molecule has 2 heterocycles. The lowest BCUT2D eigenvalue weighted by Gasteiger charge is -2.42. The number of hydrogen-bond acceptors (Lipinski definition) is 4. The molecular formula is C21H28FN3OS. The molecule has 6 heteroatoms. The van der Waals surface area contributed by atoms with E-state index >= 15 is 0 Å². The standard InChI is InChI=1S/C21H28FN3OS/c1-3-5-20(26)23-16(2)21(19-6-4-15-27-19)25-13-11-24(12-14-25)18-9-7-17(22)8-10-18/h4,6-10,15-16,21H,3,5,11-14H2,1-2H3,(H,23,26). The molecule has 3 rings (SSSR count). The Morgan fingerprint density at radius 2 is 1.89 bits per heavy atom. The van der Waals surface area contributed by atoms with Crippen molar-refractivity contribution in [3.05, 3.63) is 52.5 Å². The average molecular weight is 390 g/mol. The lowest BCUT2D eigenvalue weighted by molar-refractivity contribution is -0.122. The predicted molar refractivity (Wildman–Crippen MR) is 110 cm³/mol. The molecule has 2 atom stereocenters. The zero-order valence-corrected chi connectivity index (χ0v) is 16.8. The van der Waals surface area contributed by atoms with Gasteiger partial charge in [-0.25, -0.2) is 4.39 Å². The van der Waals surface area contributed by atoms with Gasteiger partial charge >= 0.3 is 0 Å². The third kappa shape index (κ3) is 5.08. The van der Waals surface area contributed by atoms with Gasteiger partial charge in [-0.3, -0.25) is 9.69 Å². The Morgan fingerprint density at radius 1 is 1.19 bits per heavy atom. The van der Waals surface area contributed by atoms with Crippen molar-refractivity contribution in [1.82, 2.24) is 10.2 Å². The van der Waals surface area contributed by atoms with Crippen LogP contribution in [0, 0.1) is 5.82 Å². The maximum Gasteiger partial charge on any atom is 0.220 e. The maximum absolute atomic E-state index is 13.2. The first-order chi connectivity index (χ1) is 13.1. The number of hydrogen-bond donors (Lipinski definition) is 1. The largest absolute Gasteiger partial charge is 0.369 e. The minimum Gasteiger partial charge on any atom is -0.369 e. The second-order valence-electron chi connectivity index (χ2n) is 7.07. The summed E-state index contributed by atoms with van der Waals surface area (Å²) in [5.41, 5.74) is 1.06. The van der Waals surface area contributed by atoms with Crippen LogP contribution in [0.15, 0.2) is 41.8 Å². The molecule has 1 N–H and O–H groups in total. The highest BCUT2D eigenvalue weighted by molar-refractivity contribution is 7.10. The van der Waals surface area contributed by atoms with Crippen LogP contribution in [0.25, 0.3) is 0 Å². The van der Waals surface area contributed by atoms with Crippen molar-refractivity contribution >= 4 is 22.9 Å². The van der Waals surface area contributed by atoms with E-state index in [1.54, 1.807) is 11.3 Å². The van der Waals surface area contributed by atoms with E-state index in [9.17, 15) is 9.18 Å². The molecule has 1 aliphatic heterocycles. The molecule has 0 bridgehead atoms. The first-order valence-electron chi connectivity index (χ1n) is 9.66. The average Bonchev–Trinajstić information content (AvgIpc) is 3.17. The molecule has 0 radical (unpaired) electrons. The van der Waals surface area contributed by atoms with Gasteiger partial charge in [0.05, 0.1) is 6.04 Å². The van der Waals surface area contributed by atoms with Crippen LogP contribution in [0.1, 0.15) is 37.6 Å². The molecule has 1 aromatic heterocycles. The summed E-state index contributed by atoms with van der Waals surface area (Å²) in [5, 5.41) is 5.28. The highest BCUT2D eigenvalue weighted by Gasteiger charge is 2.30. The fourth-order valence-electron chi connectivity index (χ4n) is 3.74. The van der Waals surface area contributed by atoms with E-state index < -0.39 is 0 Å². The Hall–Kier alpha value is -1.92. The summed E-state index contributed by atoms with van der Waals surface area (Å²) < 4.78 is 13.2. The third-order valence-electron chi connectivity index (χ3n) is 5.07. The van der Waals surface area contributed by atoms with Gasteiger partial charge in [-0.15, -0.1) is 11.3 Å². The lowest BCUT2D eigenvalue weighted by Crippen LogP contribution is -2.52. The summed E-state index contributed by atoms with van der Waals surface area (Å²) in [6, 6.07) is 11.2. The number of amides is 1. The molecule has 0 saturated carbocycles. The van der Waals surface area contributed by atoms with Gasteiger partial charge in [0.15, 0.2) is 0 Å². The number of rotatable bonds is 7. The van der Waals surface area contributed by atoms with Gasteiger partial charge in [-0.05, 0) is 49.1 Å². The molecule has 2 unspecified atom stereocenters. The van der Waals surface area contributed by atoms with Gasteiger partial charge < -0.3 is 10.2 Å². The van der Waals surface area contributed by atoms with E-state index in [0.29, 0.717) is 6.42 Å². The van der Waals surface area contributed by atoms with Gasteiger partial charge in [-0.2, -0.15) is 0 Å². The lowest BCUT2D eigenvalue weighted by atomic mass is 10.0. The quantitative estimate of drug-likeness (QED) is 0.776. The number of thiophene rings is 1. The molecule has 1 amide bonds. The van der Waals surface area contributed by atoms with Gasteiger partial charge in [0, 0.05) is 49.2 Å². The summed E-state index contributed by atoms with van der Waals surface area (Å²) in [5.74, 6) is -0.0803. The molecule has 1 aromatic carbocycles.